The summed E-state index contributed by atoms with van der Waals surface area (Å²) < 4.78 is 31.9. The highest BCUT2D eigenvalue weighted by Gasteiger charge is 2.27. The topological polar surface area (TPSA) is 55.4 Å². The van der Waals surface area contributed by atoms with Crippen LogP contribution in [-0.4, -0.2) is 19.0 Å². The van der Waals surface area contributed by atoms with Crippen LogP contribution in [0.15, 0.2) is 36.4 Å². The quantitative estimate of drug-likeness (QED) is 0.817. The van der Waals surface area contributed by atoms with Gasteiger partial charge in [-0.15, -0.1) is 0 Å². The van der Waals surface area contributed by atoms with Gasteiger partial charge in [-0.1, -0.05) is 24.3 Å². The Morgan fingerprint density at radius 2 is 1.81 bits per heavy atom. The third kappa shape index (κ3) is 4.51. The number of nitrogens with one attached hydrogen (secondary N) is 1. The Morgan fingerprint density at radius 3 is 2.52 bits per heavy atom. The molecular weight excluding hydrogens is 352 g/mol. The van der Waals surface area contributed by atoms with Gasteiger partial charge in [0, 0.05) is 11.6 Å². The Hall–Kier alpha value is -2.76. The van der Waals surface area contributed by atoms with Crippen LogP contribution in [-0.2, 0) is 33.6 Å². The summed E-state index contributed by atoms with van der Waals surface area (Å²) in [6, 6.07) is 7.45. The standard InChI is InChI=1S/C21H21F2NO3/c1-27-21(26)20(17-9-8-16(22)12-18(17)23)24-19(25)11-13-6-7-14-4-2-3-5-15(14)10-13/h6-10,12,20H,2-5,11H2,1H3,(H,24,25). The zero-order chi connectivity index (χ0) is 19.4. The summed E-state index contributed by atoms with van der Waals surface area (Å²) in [7, 11) is 1.15. The van der Waals surface area contributed by atoms with Gasteiger partial charge in [0.15, 0.2) is 6.04 Å². The van der Waals surface area contributed by atoms with Crippen LogP contribution >= 0.6 is 0 Å². The van der Waals surface area contributed by atoms with Gasteiger partial charge in [-0.05, 0) is 48.4 Å². The van der Waals surface area contributed by atoms with Crippen molar-refractivity contribution in [1.82, 2.24) is 5.32 Å². The van der Waals surface area contributed by atoms with Gasteiger partial charge in [-0.2, -0.15) is 0 Å². The first-order valence-electron chi connectivity index (χ1n) is 8.90. The number of ether oxygens (including phenoxy) is 1. The molecule has 1 atom stereocenters. The molecule has 1 aliphatic rings. The van der Waals surface area contributed by atoms with Gasteiger partial charge in [-0.25, -0.2) is 13.6 Å². The van der Waals surface area contributed by atoms with E-state index in [1.165, 1.54) is 17.5 Å². The average molecular weight is 373 g/mol. The van der Waals surface area contributed by atoms with E-state index < -0.39 is 29.6 Å². The van der Waals surface area contributed by atoms with E-state index in [9.17, 15) is 18.4 Å². The second-order valence-corrected chi connectivity index (χ2v) is 6.68. The molecule has 1 N–H and O–H groups in total. The Morgan fingerprint density at radius 1 is 1.07 bits per heavy atom. The number of hydrogen-bond acceptors (Lipinski definition) is 3. The molecule has 1 amide bonds. The third-order valence-electron chi connectivity index (χ3n) is 4.79. The van der Waals surface area contributed by atoms with Gasteiger partial charge in [-0.3, -0.25) is 4.79 Å². The number of benzene rings is 2. The lowest BCUT2D eigenvalue weighted by Gasteiger charge is -2.19. The molecule has 3 rings (SSSR count). The van der Waals surface area contributed by atoms with Crippen molar-refractivity contribution in [1.29, 1.82) is 0 Å². The molecule has 0 saturated heterocycles. The fourth-order valence-electron chi connectivity index (χ4n) is 3.41. The van der Waals surface area contributed by atoms with Crippen LogP contribution in [0.4, 0.5) is 8.78 Å². The number of hydrogen-bond donors (Lipinski definition) is 1. The summed E-state index contributed by atoms with van der Waals surface area (Å²) in [6.45, 7) is 0. The number of esters is 1. The van der Waals surface area contributed by atoms with Gasteiger partial charge in [0.1, 0.15) is 11.6 Å². The normalized spacial score (nSPS) is 14.2. The molecule has 2 aromatic carbocycles. The highest BCUT2D eigenvalue weighted by atomic mass is 19.1. The maximum atomic E-state index is 14.1. The molecule has 0 fully saturated rings. The van der Waals surface area contributed by atoms with Crippen LogP contribution in [0.25, 0.3) is 0 Å². The van der Waals surface area contributed by atoms with Gasteiger partial charge < -0.3 is 10.1 Å². The minimum atomic E-state index is -1.33. The molecule has 0 spiro atoms. The Kier molecular flexibility index (Phi) is 5.84. The van der Waals surface area contributed by atoms with Gasteiger partial charge in [0.2, 0.25) is 5.91 Å². The molecular formula is C21H21F2NO3. The predicted molar refractivity (Wildman–Crippen MR) is 96.0 cm³/mol. The smallest absolute Gasteiger partial charge is 0.333 e. The van der Waals surface area contributed by atoms with E-state index in [0.717, 1.165) is 44.1 Å². The summed E-state index contributed by atoms with van der Waals surface area (Å²) in [5.41, 5.74) is 3.25. The lowest BCUT2D eigenvalue weighted by Crippen LogP contribution is -2.36. The van der Waals surface area contributed by atoms with Crippen molar-refractivity contribution < 1.29 is 23.1 Å². The number of carbonyl (C=O) groups excluding carboxylic acids is 2. The van der Waals surface area contributed by atoms with Gasteiger partial charge >= 0.3 is 5.97 Å². The first kappa shape index (κ1) is 19.0. The maximum absolute atomic E-state index is 14.1. The molecule has 0 saturated carbocycles. The molecule has 0 radical (unpaired) electrons. The second kappa shape index (κ2) is 8.29. The Bertz CT molecular complexity index is 867. The van der Waals surface area contributed by atoms with Crippen molar-refractivity contribution in [2.45, 2.75) is 38.1 Å². The first-order valence-corrected chi connectivity index (χ1v) is 8.90. The van der Waals surface area contributed by atoms with Crippen LogP contribution in [0.3, 0.4) is 0 Å². The van der Waals surface area contributed by atoms with Crippen molar-refractivity contribution in [3.63, 3.8) is 0 Å². The van der Waals surface area contributed by atoms with Crippen molar-refractivity contribution in [2.75, 3.05) is 7.11 Å². The Labute approximate surface area is 156 Å². The minimum Gasteiger partial charge on any atom is -0.467 e. The van der Waals surface area contributed by atoms with E-state index in [1.54, 1.807) is 0 Å². The SMILES string of the molecule is COC(=O)C(NC(=O)Cc1ccc2c(c1)CCCC2)c1ccc(F)cc1F. The first-order chi connectivity index (χ1) is 13.0. The minimum absolute atomic E-state index is 0.0591. The fraction of sp³-hybridized carbons (Fsp3) is 0.333. The number of carbonyl (C=O) groups is 2. The maximum Gasteiger partial charge on any atom is 0.333 e. The summed E-state index contributed by atoms with van der Waals surface area (Å²) in [6.07, 6.45) is 4.42. The molecule has 142 valence electrons. The zero-order valence-electron chi connectivity index (χ0n) is 15.1. The van der Waals surface area contributed by atoms with Crippen LogP contribution in [0.5, 0.6) is 0 Å². The molecule has 1 aliphatic carbocycles. The molecule has 27 heavy (non-hydrogen) atoms. The van der Waals surface area contributed by atoms with E-state index in [0.29, 0.717) is 6.07 Å². The predicted octanol–water partition coefficient (Wildman–Crippen LogP) is 3.42. The Balaban J connectivity index is 1.75. The summed E-state index contributed by atoms with van der Waals surface area (Å²) in [5.74, 6) is -2.94. The number of halogens is 2. The molecule has 4 nitrogen and oxygen atoms in total. The summed E-state index contributed by atoms with van der Waals surface area (Å²) >= 11 is 0. The highest BCUT2D eigenvalue weighted by Crippen LogP contribution is 2.23. The number of aryl methyl sites for hydroxylation is 2. The van der Waals surface area contributed by atoms with E-state index in [-0.39, 0.29) is 12.0 Å². The van der Waals surface area contributed by atoms with Crippen LogP contribution < -0.4 is 5.32 Å². The number of methoxy groups -OCH3 is 1. The zero-order valence-corrected chi connectivity index (χ0v) is 15.1. The number of rotatable bonds is 5. The highest BCUT2D eigenvalue weighted by molar-refractivity contribution is 5.86. The van der Waals surface area contributed by atoms with E-state index in [1.807, 2.05) is 18.2 Å². The summed E-state index contributed by atoms with van der Waals surface area (Å²) in [5, 5.41) is 2.50. The molecule has 0 bridgehead atoms. The van der Waals surface area contributed by atoms with Crippen molar-refractivity contribution in [3.05, 3.63) is 70.3 Å². The monoisotopic (exact) mass is 373 g/mol. The molecule has 0 heterocycles. The molecule has 0 aliphatic heterocycles. The van der Waals surface area contributed by atoms with E-state index >= 15 is 0 Å². The number of amides is 1. The molecule has 2 aromatic rings. The van der Waals surface area contributed by atoms with E-state index in [2.05, 4.69) is 10.1 Å². The lowest BCUT2D eigenvalue weighted by molar-refractivity contribution is -0.145. The fourth-order valence-corrected chi connectivity index (χ4v) is 3.41. The summed E-state index contributed by atoms with van der Waals surface area (Å²) in [4.78, 5) is 24.5. The van der Waals surface area contributed by atoms with Crippen LogP contribution in [0.2, 0.25) is 0 Å². The van der Waals surface area contributed by atoms with Gasteiger partial charge in [0.05, 0.1) is 13.5 Å². The largest absolute Gasteiger partial charge is 0.467 e. The number of fused-ring (bicyclic) bond motifs is 1. The molecule has 0 aromatic heterocycles. The lowest BCUT2D eigenvalue weighted by atomic mass is 9.90. The van der Waals surface area contributed by atoms with Crippen LogP contribution in [0.1, 0.15) is 41.1 Å². The average Bonchev–Trinajstić information content (AvgIpc) is 2.66. The van der Waals surface area contributed by atoms with Crippen molar-refractivity contribution in [2.24, 2.45) is 0 Å². The molecule has 6 heteroatoms. The molecule has 1 unspecified atom stereocenters. The van der Waals surface area contributed by atoms with E-state index in [4.69, 9.17) is 0 Å². The van der Waals surface area contributed by atoms with Crippen molar-refractivity contribution in [3.8, 4) is 0 Å². The van der Waals surface area contributed by atoms with Gasteiger partial charge in [0.25, 0.3) is 0 Å². The van der Waals surface area contributed by atoms with Crippen LogP contribution in [0, 0.1) is 11.6 Å². The third-order valence-corrected chi connectivity index (χ3v) is 4.79. The second-order valence-electron chi connectivity index (χ2n) is 6.68. The van der Waals surface area contributed by atoms with Crippen molar-refractivity contribution >= 4 is 11.9 Å².